The molecule has 0 unspecified atom stereocenters. The largest absolute Gasteiger partial charge is 0.309 e. The van der Waals surface area contributed by atoms with Crippen molar-refractivity contribution >= 4 is 43.6 Å². The van der Waals surface area contributed by atoms with Gasteiger partial charge in [0.15, 0.2) is 17.5 Å². The number of hydrogen-bond acceptors (Lipinski definition) is 4. The van der Waals surface area contributed by atoms with Crippen LogP contribution in [0.4, 0.5) is 0 Å². The fraction of sp³-hybridized carbons (Fsp3) is 0.0286. The predicted molar refractivity (Wildman–Crippen MR) is 314 cm³/mol. The molecule has 0 aliphatic carbocycles. The lowest BCUT2D eigenvalue weighted by Gasteiger charge is -2.21. The lowest BCUT2D eigenvalue weighted by Crippen LogP contribution is -2.04. The van der Waals surface area contributed by atoms with E-state index in [2.05, 4.69) is 234 Å². The van der Waals surface area contributed by atoms with Gasteiger partial charge in [0.05, 0.1) is 33.4 Å². The zero-order chi connectivity index (χ0) is 50.7. The smallest absolute Gasteiger partial charge is 0.164 e. The lowest BCUT2D eigenvalue weighted by atomic mass is 9.95. The fourth-order valence-electron chi connectivity index (χ4n) is 11.0. The van der Waals surface area contributed by atoms with Crippen LogP contribution in [0.25, 0.3) is 134 Å². The fourth-order valence-corrected chi connectivity index (χ4v) is 11.0. The summed E-state index contributed by atoms with van der Waals surface area (Å²) in [4.78, 5) is 20.0. The molecule has 4 aromatic heterocycles. The van der Waals surface area contributed by atoms with Gasteiger partial charge < -0.3 is 9.13 Å². The van der Waals surface area contributed by atoms with Crippen molar-refractivity contribution in [2.45, 2.75) is 13.8 Å². The average Bonchev–Trinajstić information content (AvgIpc) is 4.01. The zero-order valence-corrected chi connectivity index (χ0v) is 41.9. The summed E-state index contributed by atoms with van der Waals surface area (Å²) >= 11 is 0. The van der Waals surface area contributed by atoms with Crippen LogP contribution in [-0.4, -0.2) is 29.1 Å². The number of nitrogens with zero attached hydrogens (tertiary/aromatic N) is 6. The zero-order valence-electron chi connectivity index (χ0n) is 41.9. The summed E-state index contributed by atoms with van der Waals surface area (Å²) in [5.41, 5.74) is 20.7. The number of rotatable bonds is 9. The Morgan fingerprint density at radius 3 is 1.11 bits per heavy atom. The van der Waals surface area contributed by atoms with Crippen LogP contribution in [0.2, 0.25) is 0 Å². The highest BCUT2D eigenvalue weighted by Gasteiger charge is 2.24. The number of fused-ring (bicyclic) bond motifs is 6. The van der Waals surface area contributed by atoms with E-state index in [-0.39, 0.29) is 0 Å². The Bertz CT molecular complexity index is 4440. The Labute approximate surface area is 440 Å². The predicted octanol–water partition coefficient (Wildman–Crippen LogP) is 17.7. The van der Waals surface area contributed by atoms with E-state index in [1.54, 1.807) is 0 Å². The molecule has 0 fully saturated rings. The van der Waals surface area contributed by atoms with Gasteiger partial charge in [0, 0.05) is 61.8 Å². The van der Waals surface area contributed by atoms with Crippen molar-refractivity contribution in [3.63, 3.8) is 0 Å². The van der Waals surface area contributed by atoms with E-state index in [0.29, 0.717) is 17.5 Å². The van der Waals surface area contributed by atoms with Crippen molar-refractivity contribution in [2.75, 3.05) is 0 Å². The molecule has 4 heterocycles. The van der Waals surface area contributed by atoms with Crippen LogP contribution in [0, 0.1) is 13.8 Å². The van der Waals surface area contributed by atoms with Gasteiger partial charge >= 0.3 is 0 Å². The van der Waals surface area contributed by atoms with Crippen molar-refractivity contribution in [3.8, 4) is 90.0 Å². The van der Waals surface area contributed by atoms with E-state index in [1.165, 1.54) is 54.9 Å². The second-order valence-corrected chi connectivity index (χ2v) is 19.6. The van der Waals surface area contributed by atoms with Crippen molar-refractivity contribution in [2.24, 2.45) is 0 Å². The van der Waals surface area contributed by atoms with Gasteiger partial charge in [0.2, 0.25) is 0 Å². The van der Waals surface area contributed by atoms with Gasteiger partial charge in [0.25, 0.3) is 0 Å². The van der Waals surface area contributed by atoms with E-state index in [9.17, 15) is 0 Å². The van der Waals surface area contributed by atoms with Gasteiger partial charge in [-0.15, -0.1) is 0 Å². The molecule has 0 bridgehead atoms. The molecule has 0 spiro atoms. The number of hydrogen-bond donors (Lipinski definition) is 0. The summed E-state index contributed by atoms with van der Waals surface area (Å²) in [6, 6.07) is 87.2. The molecule has 76 heavy (non-hydrogen) atoms. The van der Waals surface area contributed by atoms with Crippen LogP contribution in [0.3, 0.4) is 0 Å². The molecular formula is C70H48N6. The Kier molecular flexibility index (Phi) is 10.8. The number of pyridine rings is 1. The molecule has 0 amide bonds. The molecule has 14 aromatic rings. The minimum atomic E-state index is 0.586. The average molecular weight is 973 g/mol. The SMILES string of the molecule is Cc1ccc(-c2ccc3c(c2)c2ccccc2n3-c2cc(-c3ccncc3)ccc2-c2ccc(-c3nc(-c4ccccc4)nc(-c4ccccc4)n3)cc2-n2c3ccccc3c3cc(-c4ccc(C)cc4)ccc32)cc1. The Morgan fingerprint density at radius 2 is 0.618 bits per heavy atom. The summed E-state index contributed by atoms with van der Waals surface area (Å²) in [5.74, 6) is 1.81. The first-order chi connectivity index (χ1) is 37.5. The molecule has 10 aromatic carbocycles. The summed E-state index contributed by atoms with van der Waals surface area (Å²) in [7, 11) is 0. The maximum atomic E-state index is 5.26. The molecule has 6 nitrogen and oxygen atoms in total. The molecule has 358 valence electrons. The summed E-state index contributed by atoms with van der Waals surface area (Å²) in [6.45, 7) is 4.27. The minimum Gasteiger partial charge on any atom is -0.309 e. The summed E-state index contributed by atoms with van der Waals surface area (Å²) in [5, 5.41) is 4.71. The second-order valence-electron chi connectivity index (χ2n) is 19.6. The summed E-state index contributed by atoms with van der Waals surface area (Å²) < 4.78 is 4.91. The first kappa shape index (κ1) is 44.6. The maximum absolute atomic E-state index is 5.26. The topological polar surface area (TPSA) is 61.4 Å². The second kappa shape index (κ2) is 18.5. The maximum Gasteiger partial charge on any atom is 0.164 e. The van der Waals surface area contributed by atoms with Gasteiger partial charge in [-0.05, 0) is 108 Å². The number of aryl methyl sites for hydroxylation is 2. The molecule has 0 saturated heterocycles. The van der Waals surface area contributed by atoms with Crippen LogP contribution in [0.5, 0.6) is 0 Å². The Hall–Kier alpha value is -10.0. The minimum absolute atomic E-state index is 0.586. The van der Waals surface area contributed by atoms with Gasteiger partial charge in [-0.25, -0.2) is 15.0 Å². The van der Waals surface area contributed by atoms with Gasteiger partial charge in [-0.3, -0.25) is 4.98 Å². The quantitative estimate of drug-likeness (QED) is 0.145. The van der Waals surface area contributed by atoms with Crippen LogP contribution < -0.4 is 0 Å². The van der Waals surface area contributed by atoms with Crippen molar-refractivity contribution in [1.29, 1.82) is 0 Å². The van der Waals surface area contributed by atoms with Gasteiger partial charge in [-0.2, -0.15) is 0 Å². The molecule has 0 saturated carbocycles. The lowest BCUT2D eigenvalue weighted by molar-refractivity contribution is 1.07. The monoisotopic (exact) mass is 972 g/mol. The third-order valence-electron chi connectivity index (χ3n) is 14.9. The molecule has 0 aliphatic heterocycles. The van der Waals surface area contributed by atoms with Gasteiger partial charge in [-0.1, -0.05) is 193 Å². The molecule has 0 aliphatic rings. The number of benzene rings is 10. The first-order valence-electron chi connectivity index (χ1n) is 25.8. The van der Waals surface area contributed by atoms with E-state index < -0.39 is 0 Å². The Morgan fingerprint density at radius 1 is 0.263 bits per heavy atom. The molecular weight excluding hydrogens is 925 g/mol. The highest BCUT2D eigenvalue weighted by Crippen LogP contribution is 2.44. The van der Waals surface area contributed by atoms with Crippen LogP contribution in [0.1, 0.15) is 11.1 Å². The normalized spacial score (nSPS) is 11.6. The van der Waals surface area contributed by atoms with E-state index in [1.807, 2.05) is 48.8 Å². The number of para-hydroxylation sites is 2. The van der Waals surface area contributed by atoms with Crippen LogP contribution >= 0.6 is 0 Å². The standard InChI is InChI=1S/C70H48N6/c1-45-21-25-47(26-22-45)52-31-35-64-60(41-52)56-17-9-11-19-62(56)75(64)66-43-54(49-37-39-71-40-38-49)29-33-58(66)59-34-30-55(70-73-68(50-13-5-3-6-14-50)72-69(74-70)51-15-7-4-8-16-51)44-67(59)76-63-20-12-10-18-57(63)61-42-53(32-36-65(61)76)48-27-23-46(2)24-28-48/h3-44H,1-2H3. The van der Waals surface area contributed by atoms with E-state index >= 15 is 0 Å². The third kappa shape index (κ3) is 7.83. The van der Waals surface area contributed by atoms with Crippen molar-refractivity contribution in [1.82, 2.24) is 29.1 Å². The highest BCUT2D eigenvalue weighted by molar-refractivity contribution is 6.13. The van der Waals surface area contributed by atoms with E-state index in [4.69, 9.17) is 15.0 Å². The van der Waals surface area contributed by atoms with Crippen LogP contribution in [-0.2, 0) is 0 Å². The highest BCUT2D eigenvalue weighted by atomic mass is 15.0. The molecule has 14 rings (SSSR count). The Balaban J connectivity index is 1.06. The van der Waals surface area contributed by atoms with Crippen LogP contribution in [0.15, 0.2) is 255 Å². The first-order valence-corrected chi connectivity index (χ1v) is 25.8. The third-order valence-corrected chi connectivity index (χ3v) is 14.9. The summed E-state index contributed by atoms with van der Waals surface area (Å²) in [6.07, 6.45) is 3.74. The van der Waals surface area contributed by atoms with Crippen molar-refractivity contribution in [3.05, 3.63) is 266 Å². The molecule has 0 N–H and O–H groups in total. The van der Waals surface area contributed by atoms with E-state index in [0.717, 1.165) is 72.4 Å². The van der Waals surface area contributed by atoms with Crippen molar-refractivity contribution < 1.29 is 0 Å². The molecule has 0 atom stereocenters. The molecule has 0 radical (unpaired) electrons. The number of aromatic nitrogens is 6. The molecule has 6 heteroatoms. The van der Waals surface area contributed by atoms with Gasteiger partial charge in [0.1, 0.15) is 0 Å².